The molecule has 2 aromatic carbocycles. The molecule has 0 saturated carbocycles. The van der Waals surface area contributed by atoms with E-state index in [1.54, 1.807) is 18.2 Å². The molecule has 0 aromatic heterocycles. The summed E-state index contributed by atoms with van der Waals surface area (Å²) in [4.78, 5) is -0.556. The fourth-order valence-corrected chi connectivity index (χ4v) is 4.47. The van der Waals surface area contributed by atoms with Crippen LogP contribution < -0.4 is 15.2 Å². The zero-order valence-electron chi connectivity index (χ0n) is 14.0. The summed E-state index contributed by atoms with van der Waals surface area (Å²) in [5.74, 6) is -0.763. The Balaban J connectivity index is 0.00000261. The number of hydrogen-bond donors (Lipinski definition) is 2. The van der Waals surface area contributed by atoms with Gasteiger partial charge in [-0.25, -0.2) is 13.1 Å². The number of anilines is 1. The van der Waals surface area contributed by atoms with Crippen molar-refractivity contribution in [2.45, 2.75) is 36.6 Å². The lowest BCUT2D eigenvalue weighted by atomic mass is 9.88. The number of para-hydroxylation sites is 1. The molecule has 0 aliphatic heterocycles. The summed E-state index contributed by atoms with van der Waals surface area (Å²) in [6.07, 6.45) is -2.93. The number of benzene rings is 2. The van der Waals surface area contributed by atoms with Crippen LogP contribution in [-0.2, 0) is 16.4 Å². The van der Waals surface area contributed by atoms with E-state index in [-0.39, 0.29) is 12.4 Å². The van der Waals surface area contributed by atoms with Gasteiger partial charge in [0.2, 0.25) is 10.0 Å². The summed E-state index contributed by atoms with van der Waals surface area (Å²) in [5.41, 5.74) is 8.06. The van der Waals surface area contributed by atoms with Crippen molar-refractivity contribution in [1.29, 1.82) is 0 Å². The lowest BCUT2D eigenvalue weighted by molar-refractivity contribution is -0.275. The lowest BCUT2D eigenvalue weighted by Crippen LogP contribution is -2.32. The second kappa shape index (κ2) is 7.95. The predicted molar refractivity (Wildman–Crippen MR) is 97.2 cm³/mol. The summed E-state index contributed by atoms with van der Waals surface area (Å²) in [5, 5.41) is 0. The summed E-state index contributed by atoms with van der Waals surface area (Å²) in [7, 11) is -4.22. The first kappa shape index (κ1) is 21.3. The topological polar surface area (TPSA) is 81.4 Å². The predicted octanol–water partition coefficient (Wildman–Crippen LogP) is 3.95. The van der Waals surface area contributed by atoms with Gasteiger partial charge in [0.1, 0.15) is 10.6 Å². The van der Waals surface area contributed by atoms with Gasteiger partial charge in [0.15, 0.2) is 0 Å². The van der Waals surface area contributed by atoms with Crippen molar-refractivity contribution in [2.75, 3.05) is 5.73 Å². The number of halogens is 4. The Kier molecular flexibility index (Phi) is 6.28. The van der Waals surface area contributed by atoms with Crippen LogP contribution in [0.5, 0.6) is 5.75 Å². The average molecular weight is 423 g/mol. The zero-order valence-corrected chi connectivity index (χ0v) is 15.6. The Labute approximate surface area is 161 Å². The van der Waals surface area contributed by atoms with Gasteiger partial charge in [0.05, 0.1) is 0 Å². The molecule has 0 heterocycles. The molecular weight excluding hydrogens is 405 g/mol. The Morgan fingerprint density at radius 2 is 1.85 bits per heavy atom. The number of sulfonamides is 1. The molecule has 1 aliphatic carbocycles. The number of nitrogen functional groups attached to an aromatic ring is 1. The van der Waals surface area contributed by atoms with E-state index >= 15 is 0 Å². The van der Waals surface area contributed by atoms with Gasteiger partial charge < -0.3 is 10.5 Å². The molecule has 5 nitrogen and oxygen atoms in total. The molecule has 1 unspecified atom stereocenters. The van der Waals surface area contributed by atoms with Gasteiger partial charge in [-0.05, 0) is 54.7 Å². The zero-order chi connectivity index (χ0) is 18.9. The van der Waals surface area contributed by atoms with Gasteiger partial charge in [-0.1, -0.05) is 18.2 Å². The van der Waals surface area contributed by atoms with Gasteiger partial charge in [-0.3, -0.25) is 0 Å². The number of alkyl halides is 3. The van der Waals surface area contributed by atoms with Crippen molar-refractivity contribution in [3.63, 3.8) is 0 Å². The molecule has 0 amide bonds. The molecule has 3 N–H and O–H groups in total. The molecule has 27 heavy (non-hydrogen) atoms. The standard InChI is InChI=1S/C17H17F3N2O3S.ClH/c18-17(19,20)25-15-6-1-2-7-16(15)26(23,24)22-14-5-3-4-11-10-12(21)8-9-13(11)14;/h1-2,6-10,14,22H,3-5,21H2;1H. The fourth-order valence-electron chi connectivity index (χ4n) is 3.09. The molecular formula is C17H18ClF3N2O3S. The lowest BCUT2D eigenvalue weighted by Gasteiger charge is -2.27. The Bertz CT molecular complexity index is 920. The summed E-state index contributed by atoms with van der Waals surface area (Å²) >= 11 is 0. The molecule has 1 aliphatic rings. The van der Waals surface area contributed by atoms with E-state index in [4.69, 9.17) is 5.73 Å². The number of nitrogens with one attached hydrogen (secondary N) is 1. The molecule has 0 spiro atoms. The minimum absolute atomic E-state index is 0. The van der Waals surface area contributed by atoms with E-state index in [0.29, 0.717) is 12.1 Å². The molecule has 2 aromatic rings. The highest BCUT2D eigenvalue weighted by atomic mass is 35.5. The molecule has 3 rings (SSSR count). The SMILES string of the molecule is Cl.Nc1ccc2c(c1)CCCC2NS(=O)(=O)c1ccccc1OC(F)(F)F. The van der Waals surface area contributed by atoms with E-state index < -0.39 is 33.1 Å². The maximum Gasteiger partial charge on any atom is 0.573 e. The summed E-state index contributed by atoms with van der Waals surface area (Å²) in [6, 6.07) is 9.33. The van der Waals surface area contributed by atoms with Crippen LogP contribution in [0.15, 0.2) is 47.4 Å². The molecule has 0 fully saturated rings. The maximum absolute atomic E-state index is 12.7. The average Bonchev–Trinajstić information content (AvgIpc) is 2.53. The van der Waals surface area contributed by atoms with Crippen LogP contribution in [0.1, 0.15) is 30.0 Å². The van der Waals surface area contributed by atoms with Crippen molar-refractivity contribution in [1.82, 2.24) is 4.72 Å². The largest absolute Gasteiger partial charge is 0.573 e. The Morgan fingerprint density at radius 3 is 2.56 bits per heavy atom. The third kappa shape index (κ3) is 5.06. The number of ether oxygens (including phenoxy) is 1. The minimum Gasteiger partial charge on any atom is -0.404 e. The first-order valence-electron chi connectivity index (χ1n) is 7.91. The van der Waals surface area contributed by atoms with Crippen LogP contribution >= 0.6 is 12.4 Å². The third-order valence-electron chi connectivity index (χ3n) is 4.14. The van der Waals surface area contributed by atoms with Crippen molar-refractivity contribution >= 4 is 28.1 Å². The number of hydrogen-bond acceptors (Lipinski definition) is 4. The van der Waals surface area contributed by atoms with Crippen LogP contribution in [0.3, 0.4) is 0 Å². The van der Waals surface area contributed by atoms with Gasteiger partial charge in [0.25, 0.3) is 0 Å². The van der Waals surface area contributed by atoms with Crippen molar-refractivity contribution in [3.8, 4) is 5.75 Å². The van der Waals surface area contributed by atoms with E-state index in [0.717, 1.165) is 36.1 Å². The number of fused-ring (bicyclic) bond motifs is 1. The fraction of sp³-hybridized carbons (Fsp3) is 0.294. The molecule has 148 valence electrons. The van der Waals surface area contributed by atoms with Crippen LogP contribution in [0.2, 0.25) is 0 Å². The summed E-state index contributed by atoms with van der Waals surface area (Å²) < 4.78 is 69.4. The second-order valence-electron chi connectivity index (χ2n) is 6.02. The summed E-state index contributed by atoms with van der Waals surface area (Å²) in [6.45, 7) is 0. The van der Waals surface area contributed by atoms with E-state index in [1.165, 1.54) is 12.1 Å². The quantitative estimate of drug-likeness (QED) is 0.731. The van der Waals surface area contributed by atoms with Crippen molar-refractivity contribution < 1.29 is 26.3 Å². The van der Waals surface area contributed by atoms with E-state index in [9.17, 15) is 21.6 Å². The first-order chi connectivity index (χ1) is 12.2. The smallest absolute Gasteiger partial charge is 0.404 e. The van der Waals surface area contributed by atoms with Gasteiger partial charge in [0, 0.05) is 11.7 Å². The molecule has 0 bridgehead atoms. The van der Waals surface area contributed by atoms with E-state index in [2.05, 4.69) is 9.46 Å². The molecule has 0 saturated heterocycles. The Hall–Kier alpha value is -1.97. The van der Waals surface area contributed by atoms with Gasteiger partial charge >= 0.3 is 6.36 Å². The molecule has 0 radical (unpaired) electrons. The number of nitrogens with two attached hydrogens (primary N) is 1. The maximum atomic E-state index is 12.7. The third-order valence-corrected chi connectivity index (χ3v) is 5.65. The highest BCUT2D eigenvalue weighted by Gasteiger charge is 2.35. The highest BCUT2D eigenvalue weighted by Crippen LogP contribution is 2.34. The molecule has 1 atom stereocenters. The van der Waals surface area contributed by atoms with Gasteiger partial charge in [-0.2, -0.15) is 0 Å². The van der Waals surface area contributed by atoms with Crippen molar-refractivity contribution in [2.24, 2.45) is 0 Å². The number of rotatable bonds is 4. The van der Waals surface area contributed by atoms with Crippen LogP contribution in [0.4, 0.5) is 18.9 Å². The first-order valence-corrected chi connectivity index (χ1v) is 9.39. The van der Waals surface area contributed by atoms with Crippen molar-refractivity contribution in [3.05, 3.63) is 53.6 Å². The van der Waals surface area contributed by atoms with Crippen LogP contribution in [-0.4, -0.2) is 14.8 Å². The van der Waals surface area contributed by atoms with Gasteiger partial charge in [-0.15, -0.1) is 25.6 Å². The second-order valence-corrected chi connectivity index (χ2v) is 7.70. The minimum atomic E-state index is -4.99. The molecule has 10 heteroatoms. The Morgan fingerprint density at radius 1 is 1.15 bits per heavy atom. The number of aryl methyl sites for hydroxylation is 1. The highest BCUT2D eigenvalue weighted by molar-refractivity contribution is 7.89. The monoisotopic (exact) mass is 422 g/mol. The van der Waals surface area contributed by atoms with Crippen LogP contribution in [0, 0.1) is 0 Å². The normalized spacial score (nSPS) is 16.9. The van der Waals surface area contributed by atoms with E-state index in [1.807, 2.05) is 0 Å². The van der Waals surface area contributed by atoms with Crippen LogP contribution in [0.25, 0.3) is 0 Å².